The van der Waals surface area contributed by atoms with Gasteiger partial charge in [-0.15, -0.1) is 0 Å². The normalized spacial score (nSPS) is 18.5. The van der Waals surface area contributed by atoms with Gasteiger partial charge in [-0.05, 0) is 50.9 Å². The molecule has 3 rings (SSSR count). The molecule has 1 aromatic rings. The summed E-state index contributed by atoms with van der Waals surface area (Å²) in [7, 11) is 0. The van der Waals surface area contributed by atoms with Crippen LogP contribution < -0.4 is 10.6 Å². The topological polar surface area (TPSA) is 61.4 Å². The van der Waals surface area contributed by atoms with E-state index in [9.17, 15) is 9.59 Å². The highest BCUT2D eigenvalue weighted by Gasteiger charge is 2.25. The van der Waals surface area contributed by atoms with E-state index >= 15 is 0 Å². The van der Waals surface area contributed by atoms with Crippen molar-refractivity contribution in [2.24, 2.45) is 0 Å². The van der Waals surface area contributed by atoms with Gasteiger partial charge in [0, 0.05) is 6.04 Å². The molecular formula is C16H21N3O2. The Morgan fingerprint density at radius 3 is 2.57 bits per heavy atom. The molecule has 1 saturated heterocycles. The zero-order valence-corrected chi connectivity index (χ0v) is 12.1. The van der Waals surface area contributed by atoms with Crippen LogP contribution >= 0.6 is 0 Å². The summed E-state index contributed by atoms with van der Waals surface area (Å²) >= 11 is 0. The minimum absolute atomic E-state index is 0.0522. The first-order valence-electron chi connectivity index (χ1n) is 7.64. The van der Waals surface area contributed by atoms with Crippen molar-refractivity contribution in [3.05, 3.63) is 29.8 Å². The van der Waals surface area contributed by atoms with E-state index in [0.29, 0.717) is 23.8 Å². The van der Waals surface area contributed by atoms with Crippen LogP contribution in [-0.2, 0) is 4.79 Å². The van der Waals surface area contributed by atoms with Crippen LogP contribution in [0, 0.1) is 0 Å². The van der Waals surface area contributed by atoms with E-state index in [1.807, 2.05) is 12.1 Å². The van der Waals surface area contributed by atoms with Crippen molar-refractivity contribution in [1.29, 1.82) is 0 Å². The molecule has 112 valence electrons. The van der Waals surface area contributed by atoms with Gasteiger partial charge in [0.25, 0.3) is 5.91 Å². The Kier molecular flexibility index (Phi) is 4.20. The number of hydrogen-bond acceptors (Lipinski definition) is 3. The first-order chi connectivity index (χ1) is 10.2. The molecule has 1 aliphatic heterocycles. The summed E-state index contributed by atoms with van der Waals surface area (Å²) in [6.07, 6.45) is 4.42. The Hall–Kier alpha value is -1.88. The fourth-order valence-corrected chi connectivity index (χ4v) is 2.61. The van der Waals surface area contributed by atoms with Gasteiger partial charge in [-0.2, -0.15) is 0 Å². The van der Waals surface area contributed by atoms with Crippen molar-refractivity contribution in [2.75, 3.05) is 25.0 Å². The van der Waals surface area contributed by atoms with Gasteiger partial charge < -0.3 is 10.6 Å². The van der Waals surface area contributed by atoms with E-state index in [0.717, 1.165) is 38.8 Å². The van der Waals surface area contributed by atoms with E-state index in [4.69, 9.17) is 0 Å². The number of para-hydroxylation sites is 1. The molecule has 0 atom stereocenters. The molecule has 1 aliphatic carbocycles. The third-order valence-corrected chi connectivity index (χ3v) is 3.92. The molecule has 21 heavy (non-hydrogen) atoms. The van der Waals surface area contributed by atoms with Crippen LogP contribution in [0.5, 0.6) is 0 Å². The van der Waals surface area contributed by atoms with Crippen LogP contribution in [0.15, 0.2) is 24.3 Å². The molecule has 1 saturated carbocycles. The third kappa shape index (κ3) is 3.82. The van der Waals surface area contributed by atoms with E-state index in [1.54, 1.807) is 12.1 Å². The van der Waals surface area contributed by atoms with Crippen LogP contribution in [0.25, 0.3) is 0 Å². The second kappa shape index (κ2) is 6.26. The molecule has 0 bridgehead atoms. The Bertz CT molecular complexity index is 534. The molecule has 5 nitrogen and oxygen atoms in total. The second-order valence-electron chi connectivity index (χ2n) is 5.82. The summed E-state index contributed by atoms with van der Waals surface area (Å²) in [5, 5.41) is 5.83. The lowest BCUT2D eigenvalue weighted by atomic mass is 10.1. The molecular weight excluding hydrogens is 266 g/mol. The van der Waals surface area contributed by atoms with E-state index in [1.165, 1.54) is 0 Å². The lowest BCUT2D eigenvalue weighted by Gasteiger charge is -2.15. The van der Waals surface area contributed by atoms with Gasteiger partial charge in [-0.3, -0.25) is 14.5 Å². The molecule has 1 heterocycles. The Balaban J connectivity index is 1.63. The summed E-state index contributed by atoms with van der Waals surface area (Å²) in [6, 6.07) is 7.50. The van der Waals surface area contributed by atoms with Gasteiger partial charge >= 0.3 is 0 Å². The minimum Gasteiger partial charge on any atom is -0.349 e. The monoisotopic (exact) mass is 287 g/mol. The number of benzene rings is 1. The average Bonchev–Trinajstić information content (AvgIpc) is 3.13. The molecule has 0 spiro atoms. The highest BCUT2D eigenvalue weighted by Crippen LogP contribution is 2.21. The fourth-order valence-electron chi connectivity index (χ4n) is 2.61. The van der Waals surface area contributed by atoms with E-state index in [2.05, 4.69) is 15.5 Å². The lowest BCUT2D eigenvalue weighted by Crippen LogP contribution is -2.32. The first kappa shape index (κ1) is 14.1. The van der Waals surface area contributed by atoms with Crippen LogP contribution in [0.3, 0.4) is 0 Å². The van der Waals surface area contributed by atoms with Crippen molar-refractivity contribution < 1.29 is 9.59 Å². The van der Waals surface area contributed by atoms with Gasteiger partial charge in [0.05, 0.1) is 17.8 Å². The van der Waals surface area contributed by atoms with Crippen molar-refractivity contribution in [3.8, 4) is 0 Å². The molecule has 5 heteroatoms. The smallest absolute Gasteiger partial charge is 0.253 e. The Morgan fingerprint density at radius 2 is 1.86 bits per heavy atom. The Labute approximate surface area is 124 Å². The number of anilines is 1. The first-order valence-corrected chi connectivity index (χ1v) is 7.64. The molecule has 2 amide bonds. The summed E-state index contributed by atoms with van der Waals surface area (Å²) in [4.78, 5) is 26.4. The lowest BCUT2D eigenvalue weighted by molar-refractivity contribution is -0.117. The van der Waals surface area contributed by atoms with Crippen LogP contribution in [0.4, 0.5) is 5.69 Å². The molecule has 1 aromatic carbocycles. The number of nitrogens with zero attached hydrogens (tertiary/aromatic N) is 1. The maximum absolute atomic E-state index is 12.2. The summed E-state index contributed by atoms with van der Waals surface area (Å²) in [5.74, 6) is -0.154. The highest BCUT2D eigenvalue weighted by atomic mass is 16.2. The van der Waals surface area contributed by atoms with Crippen molar-refractivity contribution in [1.82, 2.24) is 10.2 Å². The van der Waals surface area contributed by atoms with Gasteiger partial charge in [-0.25, -0.2) is 0 Å². The van der Waals surface area contributed by atoms with Crippen LogP contribution in [-0.4, -0.2) is 42.4 Å². The van der Waals surface area contributed by atoms with E-state index < -0.39 is 0 Å². The number of rotatable bonds is 5. The fraction of sp³-hybridized carbons (Fsp3) is 0.500. The number of carbonyl (C=O) groups is 2. The molecule has 2 fully saturated rings. The predicted molar refractivity (Wildman–Crippen MR) is 81.2 cm³/mol. The van der Waals surface area contributed by atoms with Gasteiger partial charge in [0.1, 0.15) is 0 Å². The standard InChI is InChI=1S/C16H21N3O2/c20-15(11-19-9-3-4-10-19)18-14-6-2-1-5-13(14)16(21)17-12-7-8-12/h1-2,5-6,12H,3-4,7-11H2,(H,17,21)(H,18,20). The minimum atomic E-state index is -0.102. The zero-order valence-electron chi connectivity index (χ0n) is 12.1. The van der Waals surface area contributed by atoms with Gasteiger partial charge in [-0.1, -0.05) is 12.1 Å². The van der Waals surface area contributed by atoms with Crippen LogP contribution in [0.2, 0.25) is 0 Å². The number of carbonyl (C=O) groups excluding carboxylic acids is 2. The van der Waals surface area contributed by atoms with Crippen LogP contribution in [0.1, 0.15) is 36.0 Å². The maximum Gasteiger partial charge on any atom is 0.253 e. The summed E-state index contributed by atoms with van der Waals surface area (Å²) in [6.45, 7) is 2.37. The zero-order chi connectivity index (χ0) is 14.7. The average molecular weight is 287 g/mol. The van der Waals surface area contributed by atoms with Gasteiger partial charge in [0.15, 0.2) is 0 Å². The molecule has 0 aromatic heterocycles. The van der Waals surface area contributed by atoms with Crippen molar-refractivity contribution in [2.45, 2.75) is 31.7 Å². The molecule has 2 aliphatic rings. The molecule has 0 radical (unpaired) electrons. The summed E-state index contributed by atoms with van der Waals surface area (Å²) in [5.41, 5.74) is 1.14. The quantitative estimate of drug-likeness (QED) is 0.865. The summed E-state index contributed by atoms with van der Waals surface area (Å²) < 4.78 is 0. The van der Waals surface area contributed by atoms with E-state index in [-0.39, 0.29) is 11.8 Å². The number of hydrogen-bond donors (Lipinski definition) is 2. The third-order valence-electron chi connectivity index (χ3n) is 3.92. The highest BCUT2D eigenvalue weighted by molar-refractivity contribution is 6.04. The number of amides is 2. The SMILES string of the molecule is O=C(CN1CCCC1)Nc1ccccc1C(=O)NC1CC1. The number of likely N-dealkylation sites (tertiary alicyclic amines) is 1. The largest absolute Gasteiger partial charge is 0.349 e. The molecule has 2 N–H and O–H groups in total. The maximum atomic E-state index is 12.2. The predicted octanol–water partition coefficient (Wildman–Crippen LogP) is 1.61. The van der Waals surface area contributed by atoms with Gasteiger partial charge in [0.2, 0.25) is 5.91 Å². The van der Waals surface area contributed by atoms with Crippen molar-refractivity contribution >= 4 is 17.5 Å². The second-order valence-corrected chi connectivity index (χ2v) is 5.82. The number of nitrogens with one attached hydrogen (secondary N) is 2. The van der Waals surface area contributed by atoms with Crippen molar-refractivity contribution in [3.63, 3.8) is 0 Å². The Morgan fingerprint density at radius 1 is 1.14 bits per heavy atom. The molecule has 0 unspecified atom stereocenters.